The minimum Gasteiger partial charge on any atom is -0.464 e. The number of hydrogen-bond donors (Lipinski definition) is 1. The Hall–Kier alpha value is -1.51. The quantitative estimate of drug-likeness (QED) is 0.756. The topological polar surface area (TPSA) is 67.9 Å². The van der Waals surface area contributed by atoms with E-state index in [2.05, 4.69) is 5.32 Å². The van der Waals surface area contributed by atoms with Crippen molar-refractivity contribution in [2.45, 2.75) is 58.4 Å². The molecule has 1 heterocycles. The van der Waals surface area contributed by atoms with Crippen molar-refractivity contribution in [2.24, 2.45) is 5.92 Å². The van der Waals surface area contributed by atoms with Crippen LogP contribution in [0.1, 0.15) is 40.5 Å². The summed E-state index contributed by atoms with van der Waals surface area (Å²) >= 11 is 0. The molecule has 0 aromatic heterocycles. The number of halogens is 3. The van der Waals surface area contributed by atoms with E-state index in [9.17, 15) is 22.8 Å². The van der Waals surface area contributed by atoms with Gasteiger partial charge in [-0.25, -0.2) is 9.59 Å². The second-order valence-electron chi connectivity index (χ2n) is 7.33. The first kappa shape index (κ1) is 21.5. The van der Waals surface area contributed by atoms with Crippen molar-refractivity contribution in [3.05, 3.63) is 0 Å². The van der Waals surface area contributed by atoms with Crippen LogP contribution >= 0.6 is 0 Å². The molecule has 6 nitrogen and oxygen atoms in total. The Kier molecular flexibility index (Phi) is 7.52. The van der Waals surface area contributed by atoms with Gasteiger partial charge in [0.25, 0.3) is 0 Å². The predicted molar refractivity (Wildman–Crippen MR) is 85.0 cm³/mol. The number of alkyl carbamates (subject to hydrolysis) is 1. The van der Waals surface area contributed by atoms with Gasteiger partial charge in [0.15, 0.2) is 0 Å². The molecule has 1 rings (SSSR count). The van der Waals surface area contributed by atoms with Gasteiger partial charge in [0.1, 0.15) is 11.6 Å². The third kappa shape index (κ3) is 9.52. The molecule has 1 unspecified atom stereocenters. The lowest BCUT2D eigenvalue weighted by atomic mass is 9.98. The summed E-state index contributed by atoms with van der Waals surface area (Å²) in [5.74, 6) is -0.564. The average Bonchev–Trinajstić information content (AvgIpc) is 2.42. The number of ether oxygens (including phenoxy) is 2. The van der Waals surface area contributed by atoms with Crippen molar-refractivity contribution in [3.63, 3.8) is 0 Å². The van der Waals surface area contributed by atoms with Gasteiger partial charge in [0.05, 0.1) is 13.2 Å². The number of alkyl halides is 3. The largest absolute Gasteiger partial charge is 0.464 e. The van der Waals surface area contributed by atoms with Crippen LogP contribution in [0.4, 0.5) is 18.0 Å². The molecular formula is C16H27F3N2O4. The van der Waals surface area contributed by atoms with Gasteiger partial charge in [-0.2, -0.15) is 13.2 Å². The van der Waals surface area contributed by atoms with Crippen LogP contribution in [0.5, 0.6) is 0 Å². The number of esters is 1. The van der Waals surface area contributed by atoms with Crippen molar-refractivity contribution >= 4 is 12.1 Å². The van der Waals surface area contributed by atoms with Gasteiger partial charge < -0.3 is 14.8 Å². The van der Waals surface area contributed by atoms with Gasteiger partial charge in [-0.05, 0) is 59.5 Å². The third-order valence-corrected chi connectivity index (χ3v) is 3.66. The van der Waals surface area contributed by atoms with E-state index in [1.54, 1.807) is 20.8 Å². The van der Waals surface area contributed by atoms with E-state index in [1.165, 1.54) is 11.8 Å². The van der Waals surface area contributed by atoms with Crippen molar-refractivity contribution < 1.29 is 32.2 Å². The first-order valence-electron chi connectivity index (χ1n) is 8.31. The Bertz CT molecular complexity index is 455. The SMILES string of the molecule is CC(NC(=O)OC(C)(C)C)C(=O)OCC1CCN(CC(F)(F)F)CC1. The van der Waals surface area contributed by atoms with E-state index in [0.29, 0.717) is 25.9 Å². The van der Waals surface area contributed by atoms with Crippen LogP contribution in [0.3, 0.4) is 0 Å². The van der Waals surface area contributed by atoms with Crippen LogP contribution in [-0.2, 0) is 14.3 Å². The lowest BCUT2D eigenvalue weighted by Gasteiger charge is -2.32. The molecule has 0 aliphatic carbocycles. The number of carbonyl (C=O) groups excluding carboxylic acids is 2. The summed E-state index contributed by atoms with van der Waals surface area (Å²) in [5.41, 5.74) is -0.669. The highest BCUT2D eigenvalue weighted by Gasteiger charge is 2.33. The van der Waals surface area contributed by atoms with Gasteiger partial charge in [-0.1, -0.05) is 0 Å². The van der Waals surface area contributed by atoms with Crippen LogP contribution in [0, 0.1) is 5.92 Å². The summed E-state index contributed by atoms with van der Waals surface area (Å²) in [6.07, 6.45) is -3.83. The molecule has 0 aromatic rings. The third-order valence-electron chi connectivity index (χ3n) is 3.66. The first-order chi connectivity index (χ1) is 11.4. The van der Waals surface area contributed by atoms with E-state index < -0.39 is 36.4 Å². The minimum absolute atomic E-state index is 0.0298. The molecule has 1 amide bonds. The second-order valence-corrected chi connectivity index (χ2v) is 7.33. The zero-order chi connectivity index (χ0) is 19.3. The van der Waals surface area contributed by atoms with Gasteiger partial charge in [-0.3, -0.25) is 4.90 Å². The number of nitrogens with zero attached hydrogens (tertiary/aromatic N) is 1. The van der Waals surface area contributed by atoms with Gasteiger partial charge in [0, 0.05) is 0 Å². The molecular weight excluding hydrogens is 341 g/mol. The van der Waals surface area contributed by atoms with Gasteiger partial charge >= 0.3 is 18.2 Å². The molecule has 0 spiro atoms. The van der Waals surface area contributed by atoms with Crippen LogP contribution in [-0.4, -0.2) is 61.0 Å². The molecule has 1 saturated heterocycles. The highest BCUT2D eigenvalue weighted by molar-refractivity contribution is 5.81. The number of piperidine rings is 1. The van der Waals surface area contributed by atoms with E-state index in [4.69, 9.17) is 9.47 Å². The van der Waals surface area contributed by atoms with Crippen molar-refractivity contribution in [1.82, 2.24) is 10.2 Å². The van der Waals surface area contributed by atoms with E-state index >= 15 is 0 Å². The van der Waals surface area contributed by atoms with Crippen molar-refractivity contribution in [2.75, 3.05) is 26.2 Å². The number of hydrogen-bond acceptors (Lipinski definition) is 5. The fourth-order valence-corrected chi connectivity index (χ4v) is 2.43. The highest BCUT2D eigenvalue weighted by atomic mass is 19.4. The van der Waals surface area contributed by atoms with E-state index in [0.717, 1.165) is 0 Å². The van der Waals surface area contributed by atoms with Crippen LogP contribution in [0.15, 0.2) is 0 Å². The molecule has 0 saturated carbocycles. The molecule has 0 bridgehead atoms. The van der Waals surface area contributed by atoms with Gasteiger partial charge in [0.2, 0.25) is 0 Å². The Morgan fingerprint density at radius 2 is 1.76 bits per heavy atom. The zero-order valence-electron chi connectivity index (χ0n) is 15.1. The van der Waals surface area contributed by atoms with E-state index in [-0.39, 0.29) is 12.5 Å². The Labute approximate surface area is 146 Å². The van der Waals surface area contributed by atoms with Crippen LogP contribution in [0.25, 0.3) is 0 Å². The standard InChI is InChI=1S/C16H27F3N2O4/c1-11(20-14(23)25-15(2,3)4)13(22)24-9-12-5-7-21(8-6-12)10-16(17,18)19/h11-12H,5-10H2,1-4H3,(H,20,23). The lowest BCUT2D eigenvalue weighted by molar-refractivity contribution is -0.151. The molecule has 9 heteroatoms. The Balaban J connectivity index is 2.27. The maximum atomic E-state index is 12.3. The molecule has 0 radical (unpaired) electrons. The van der Waals surface area contributed by atoms with E-state index in [1.807, 2.05) is 0 Å². The molecule has 25 heavy (non-hydrogen) atoms. The van der Waals surface area contributed by atoms with Crippen molar-refractivity contribution in [1.29, 1.82) is 0 Å². The molecule has 1 fully saturated rings. The maximum absolute atomic E-state index is 12.3. The summed E-state index contributed by atoms with van der Waals surface area (Å²) in [4.78, 5) is 24.8. The minimum atomic E-state index is -4.19. The Morgan fingerprint density at radius 3 is 2.24 bits per heavy atom. The Morgan fingerprint density at radius 1 is 1.20 bits per heavy atom. The highest BCUT2D eigenvalue weighted by Crippen LogP contribution is 2.22. The fourth-order valence-electron chi connectivity index (χ4n) is 2.43. The summed E-state index contributed by atoms with van der Waals surface area (Å²) in [7, 11) is 0. The van der Waals surface area contributed by atoms with Crippen LogP contribution in [0.2, 0.25) is 0 Å². The smallest absolute Gasteiger partial charge is 0.408 e. The maximum Gasteiger partial charge on any atom is 0.408 e. The number of likely N-dealkylation sites (tertiary alicyclic amines) is 1. The van der Waals surface area contributed by atoms with Crippen molar-refractivity contribution in [3.8, 4) is 0 Å². The summed E-state index contributed by atoms with van der Waals surface area (Å²) < 4.78 is 47.2. The van der Waals surface area contributed by atoms with Gasteiger partial charge in [-0.15, -0.1) is 0 Å². The first-order valence-corrected chi connectivity index (χ1v) is 8.31. The lowest BCUT2D eigenvalue weighted by Crippen LogP contribution is -2.43. The molecule has 1 aliphatic heterocycles. The number of nitrogens with one attached hydrogen (secondary N) is 1. The predicted octanol–water partition coefficient (Wildman–Crippen LogP) is 2.72. The molecule has 1 N–H and O–H groups in total. The normalized spacial score (nSPS) is 18.5. The monoisotopic (exact) mass is 368 g/mol. The number of amides is 1. The molecule has 1 atom stereocenters. The summed E-state index contributed by atoms with van der Waals surface area (Å²) in [6.45, 7) is 6.50. The number of rotatable bonds is 5. The second kappa shape index (κ2) is 8.73. The summed E-state index contributed by atoms with van der Waals surface area (Å²) in [6, 6.07) is -0.861. The molecule has 0 aromatic carbocycles. The zero-order valence-corrected chi connectivity index (χ0v) is 15.1. The molecule has 1 aliphatic rings. The average molecular weight is 368 g/mol. The summed E-state index contributed by atoms with van der Waals surface area (Å²) in [5, 5.41) is 2.39. The van der Waals surface area contributed by atoms with Crippen LogP contribution < -0.4 is 5.32 Å². The molecule has 146 valence electrons. The number of carbonyl (C=O) groups is 2. The fraction of sp³-hybridized carbons (Fsp3) is 0.875.